The first-order valence-corrected chi connectivity index (χ1v) is 16.0. The van der Waals surface area contributed by atoms with Crippen LogP contribution in [0.25, 0.3) is 0 Å². The summed E-state index contributed by atoms with van der Waals surface area (Å²) >= 11 is 6.02. The molecule has 292 valence electrons. The van der Waals surface area contributed by atoms with Gasteiger partial charge >= 0.3 is 12.1 Å². The van der Waals surface area contributed by atoms with Gasteiger partial charge in [-0.3, -0.25) is 29.4 Å². The molecule has 12 nitrogen and oxygen atoms in total. The molecule has 54 heavy (non-hydrogen) atoms. The average molecular weight is 792 g/mol. The van der Waals surface area contributed by atoms with Gasteiger partial charge in [0.05, 0.1) is 22.9 Å². The molecule has 0 radical (unpaired) electrons. The molecule has 4 amide bonds. The van der Waals surface area contributed by atoms with Crippen molar-refractivity contribution in [2.45, 2.75) is 46.0 Å². The zero-order valence-corrected chi connectivity index (χ0v) is 29.6. The van der Waals surface area contributed by atoms with E-state index in [0.29, 0.717) is 12.1 Å². The van der Waals surface area contributed by atoms with Crippen molar-refractivity contribution in [1.82, 2.24) is 21.1 Å². The number of hydrogen-bond donors (Lipinski definition) is 4. The Balaban J connectivity index is 2.01. The summed E-state index contributed by atoms with van der Waals surface area (Å²) in [5.41, 5.74) is 4.86. The summed E-state index contributed by atoms with van der Waals surface area (Å²) in [6, 6.07) is 3.23. The monoisotopic (exact) mass is 791 g/mol. The van der Waals surface area contributed by atoms with Crippen molar-refractivity contribution >= 4 is 46.9 Å². The number of hydrazine groups is 1. The lowest BCUT2D eigenvalue weighted by Gasteiger charge is -2.32. The largest absolute Gasteiger partial charge is 0.477 e. The predicted molar refractivity (Wildman–Crippen MR) is 177 cm³/mol. The number of nitrogens with one attached hydrogen (secondary N) is 3. The van der Waals surface area contributed by atoms with E-state index in [0.717, 1.165) is 12.1 Å². The molecule has 5 N–H and O–H groups in total. The van der Waals surface area contributed by atoms with Crippen molar-refractivity contribution in [2.75, 3.05) is 25.5 Å². The van der Waals surface area contributed by atoms with E-state index >= 15 is 0 Å². The van der Waals surface area contributed by atoms with Crippen LogP contribution in [0.5, 0.6) is 5.75 Å². The first kappa shape index (κ1) is 42.8. The van der Waals surface area contributed by atoms with Crippen molar-refractivity contribution in [3.63, 3.8) is 0 Å². The van der Waals surface area contributed by atoms with E-state index in [9.17, 15) is 54.7 Å². The molecule has 1 unspecified atom stereocenters. The molecule has 3 aromatic carbocycles. The van der Waals surface area contributed by atoms with Gasteiger partial charge in [0.2, 0.25) is 17.5 Å². The Morgan fingerprint density at radius 3 is 2.07 bits per heavy atom. The number of nitrogen functional groups attached to an aromatic ring is 1. The zero-order chi connectivity index (χ0) is 40.7. The summed E-state index contributed by atoms with van der Waals surface area (Å²) in [6.45, 7) is 3.08. The van der Waals surface area contributed by atoms with Crippen LogP contribution in [-0.4, -0.2) is 60.4 Å². The smallest absolute Gasteiger partial charge is 0.416 e. The topological polar surface area (TPSA) is 169 Å². The number of rotatable bonds is 12. The minimum atomic E-state index is -4.94. The Bertz CT molecular complexity index is 1900. The van der Waals surface area contributed by atoms with Gasteiger partial charge in [-0.05, 0) is 48.2 Å². The molecule has 0 bridgehead atoms. The Kier molecular flexibility index (Phi) is 13.9. The highest BCUT2D eigenvalue weighted by molar-refractivity contribution is 6.33. The van der Waals surface area contributed by atoms with Gasteiger partial charge in [0.1, 0.15) is 18.6 Å². The molecular weight excluding hydrogens is 759 g/mol. The van der Waals surface area contributed by atoms with Crippen LogP contribution < -0.4 is 26.5 Å². The van der Waals surface area contributed by atoms with Gasteiger partial charge in [0, 0.05) is 11.6 Å². The summed E-state index contributed by atoms with van der Waals surface area (Å²) < 4.78 is 106. The first-order chi connectivity index (χ1) is 25.0. The summed E-state index contributed by atoms with van der Waals surface area (Å²) in [4.78, 5) is 66.3. The fraction of sp³-hybridized carbons (Fsp3) is 0.324. The molecule has 0 aliphatic heterocycles. The molecule has 0 fully saturated rings. The van der Waals surface area contributed by atoms with Crippen LogP contribution in [0.1, 0.15) is 55.2 Å². The van der Waals surface area contributed by atoms with Crippen molar-refractivity contribution in [3.05, 3.63) is 93.5 Å². The maximum absolute atomic E-state index is 14.2. The second-order valence-corrected chi connectivity index (χ2v) is 12.8. The first-order valence-electron chi connectivity index (χ1n) is 15.6. The fourth-order valence-corrected chi connectivity index (χ4v) is 4.77. The number of amides is 4. The van der Waals surface area contributed by atoms with Crippen LogP contribution >= 0.6 is 11.6 Å². The highest BCUT2D eigenvalue weighted by Crippen LogP contribution is 2.32. The molecule has 0 saturated carbocycles. The number of alkyl halides is 3. The third-order valence-corrected chi connectivity index (χ3v) is 7.64. The SMILES string of the molecule is CCOC(=O)CN(NC(=O)C(NC(=O)[C@@H](NC(=O)c1ccc(N)c(Cl)c1)C(C)(C)C)c1cccc(C(F)(F)F)c1)C(=O)COc1c(F)c(F)cc(F)c1F. The second-order valence-electron chi connectivity index (χ2n) is 12.4. The van der Waals surface area contributed by atoms with E-state index in [4.69, 9.17) is 22.1 Å². The van der Waals surface area contributed by atoms with E-state index in [-0.39, 0.29) is 34.0 Å². The quantitative estimate of drug-likeness (QED) is 0.0654. The van der Waals surface area contributed by atoms with Gasteiger partial charge in [-0.25, -0.2) is 13.8 Å². The van der Waals surface area contributed by atoms with Gasteiger partial charge in [0.15, 0.2) is 24.0 Å². The van der Waals surface area contributed by atoms with E-state index in [1.807, 2.05) is 5.43 Å². The molecule has 0 saturated heterocycles. The Labute approximate surface area is 308 Å². The number of carbonyl (C=O) groups excluding carboxylic acids is 5. The number of hydrogen-bond acceptors (Lipinski definition) is 8. The lowest BCUT2D eigenvalue weighted by Crippen LogP contribution is -2.57. The summed E-state index contributed by atoms with van der Waals surface area (Å²) in [5.74, 6) is -15.5. The fourth-order valence-electron chi connectivity index (χ4n) is 4.59. The van der Waals surface area contributed by atoms with Gasteiger partial charge in [-0.1, -0.05) is 44.5 Å². The van der Waals surface area contributed by atoms with Gasteiger partial charge in [-0.15, -0.1) is 0 Å². The minimum absolute atomic E-state index is 0.0198. The van der Waals surface area contributed by atoms with Crippen molar-refractivity contribution in [1.29, 1.82) is 0 Å². The number of ether oxygens (including phenoxy) is 2. The molecule has 3 rings (SSSR count). The number of halogens is 8. The Morgan fingerprint density at radius 2 is 1.52 bits per heavy atom. The number of nitrogens with zero attached hydrogens (tertiary/aromatic N) is 1. The van der Waals surface area contributed by atoms with Crippen LogP contribution in [0, 0.1) is 28.7 Å². The molecular formula is C34H33ClF7N5O7. The summed E-state index contributed by atoms with van der Waals surface area (Å²) in [6.07, 6.45) is -4.94. The number of benzene rings is 3. The van der Waals surface area contributed by atoms with Crippen LogP contribution in [0.3, 0.4) is 0 Å². The summed E-state index contributed by atoms with van der Waals surface area (Å²) in [7, 11) is 0. The van der Waals surface area contributed by atoms with Gasteiger partial charge in [-0.2, -0.15) is 22.0 Å². The van der Waals surface area contributed by atoms with E-state index in [2.05, 4.69) is 15.4 Å². The molecule has 20 heteroatoms. The van der Waals surface area contributed by atoms with Crippen molar-refractivity contribution in [2.24, 2.45) is 5.41 Å². The van der Waals surface area contributed by atoms with Crippen molar-refractivity contribution in [3.8, 4) is 5.75 Å². The van der Waals surface area contributed by atoms with Crippen LogP contribution in [0.4, 0.5) is 36.4 Å². The third-order valence-electron chi connectivity index (χ3n) is 7.31. The minimum Gasteiger partial charge on any atom is -0.477 e. The normalized spacial score (nSPS) is 12.6. The maximum Gasteiger partial charge on any atom is 0.416 e. The number of carbonyl (C=O) groups is 5. The molecule has 0 aliphatic rings. The van der Waals surface area contributed by atoms with E-state index < -0.39 is 107 Å². The van der Waals surface area contributed by atoms with Crippen LogP contribution in [0.2, 0.25) is 5.02 Å². The number of anilines is 1. The van der Waals surface area contributed by atoms with Gasteiger partial charge < -0.3 is 25.8 Å². The Morgan fingerprint density at radius 1 is 0.889 bits per heavy atom. The lowest BCUT2D eigenvalue weighted by molar-refractivity contribution is -0.154. The second kappa shape index (κ2) is 17.5. The number of nitrogens with two attached hydrogens (primary N) is 1. The molecule has 2 atom stereocenters. The zero-order valence-electron chi connectivity index (χ0n) is 28.8. The molecule has 3 aromatic rings. The van der Waals surface area contributed by atoms with Crippen molar-refractivity contribution < 1.29 is 64.2 Å². The number of esters is 1. The maximum atomic E-state index is 14.2. The summed E-state index contributed by atoms with van der Waals surface area (Å²) in [5, 5.41) is 4.93. The van der Waals surface area contributed by atoms with Crippen LogP contribution in [-0.2, 0) is 30.1 Å². The van der Waals surface area contributed by atoms with Gasteiger partial charge in [0.25, 0.3) is 17.7 Å². The Hall–Kier alpha value is -5.59. The highest BCUT2D eigenvalue weighted by Gasteiger charge is 2.38. The predicted octanol–water partition coefficient (Wildman–Crippen LogP) is 5.00. The van der Waals surface area contributed by atoms with Crippen LogP contribution in [0.15, 0.2) is 48.5 Å². The molecule has 0 aromatic heterocycles. The molecule has 0 spiro atoms. The highest BCUT2D eigenvalue weighted by atomic mass is 35.5. The van der Waals surface area contributed by atoms with E-state index in [1.54, 1.807) is 0 Å². The third kappa shape index (κ3) is 11.0. The van der Waals surface area contributed by atoms with E-state index in [1.165, 1.54) is 45.9 Å². The lowest BCUT2D eigenvalue weighted by atomic mass is 9.85. The standard InChI is InChI=1S/C34H33ClF7N5O7/c1-5-53-24(49)14-47(23(48)15-54-28-25(38)20(36)13-21(37)26(28)39)46-31(51)27(16-7-6-8-18(11-16)34(40,41)42)44-32(52)29(33(2,3)4)45-30(50)17-9-10-22(43)19(35)12-17/h6-13,27,29H,5,14-15,43H2,1-4H3,(H,44,52)(H,45,50)(H,46,51)/t27?,29-/m1/s1. The average Bonchev–Trinajstić information content (AvgIpc) is 3.08. The molecule has 0 aliphatic carbocycles. The molecule has 0 heterocycles.